The Morgan fingerprint density at radius 1 is 0.188 bits per heavy atom. The third-order valence-corrected chi connectivity index (χ3v) is 16.2. The maximum absolute atomic E-state index is 4.87. The summed E-state index contributed by atoms with van der Waals surface area (Å²) in [5.74, 6) is 0.647. The van der Waals surface area contributed by atoms with E-state index < -0.39 is 5.41 Å². The Labute approximate surface area is 496 Å². The van der Waals surface area contributed by atoms with Gasteiger partial charge in [-0.15, -0.1) is 0 Å². The van der Waals surface area contributed by atoms with Crippen LogP contribution in [0.1, 0.15) is 22.3 Å². The van der Waals surface area contributed by atoms with Gasteiger partial charge in [-0.1, -0.05) is 231 Å². The normalized spacial score (nSPS) is 11.3. The van der Waals surface area contributed by atoms with Crippen molar-refractivity contribution in [2.24, 2.45) is 0 Å². The molecule has 10 aromatic carbocycles. The third-order valence-electron chi connectivity index (χ3n) is 16.2. The van der Waals surface area contributed by atoms with Crippen LogP contribution in [0.3, 0.4) is 0 Å². The van der Waals surface area contributed by atoms with E-state index in [2.05, 4.69) is 277 Å². The van der Waals surface area contributed by atoms with Crippen LogP contribution in [0.25, 0.3) is 112 Å². The second-order valence-corrected chi connectivity index (χ2v) is 21.1. The van der Waals surface area contributed by atoms with Gasteiger partial charge in [0.15, 0.2) is 5.82 Å². The Balaban J connectivity index is 1.02. The molecule has 14 aromatic rings. The van der Waals surface area contributed by atoms with Gasteiger partial charge >= 0.3 is 0 Å². The average Bonchev–Trinajstić information content (AvgIpc) is 1.14. The summed E-state index contributed by atoms with van der Waals surface area (Å²) in [6, 6.07) is 109. The Bertz CT molecular complexity index is 4410. The van der Waals surface area contributed by atoms with Gasteiger partial charge in [0, 0.05) is 53.2 Å². The molecule has 0 bridgehead atoms. The molecular formula is C80H55N5. The summed E-state index contributed by atoms with van der Waals surface area (Å²) in [7, 11) is 0. The minimum Gasteiger partial charge on any atom is -0.256 e. The number of nitrogens with zero attached hydrogens (tertiary/aromatic N) is 5. The first-order chi connectivity index (χ1) is 42.2. The number of benzene rings is 10. The Kier molecular flexibility index (Phi) is 14.2. The quantitative estimate of drug-likeness (QED) is 0.102. The van der Waals surface area contributed by atoms with E-state index in [-0.39, 0.29) is 0 Å². The minimum absolute atomic E-state index is 0.647. The van der Waals surface area contributed by atoms with Gasteiger partial charge in [-0.2, -0.15) is 0 Å². The van der Waals surface area contributed by atoms with E-state index in [9.17, 15) is 0 Å². The number of rotatable bonds is 14. The second-order valence-electron chi connectivity index (χ2n) is 21.1. The Morgan fingerprint density at radius 2 is 0.553 bits per heavy atom. The summed E-state index contributed by atoms with van der Waals surface area (Å²) in [6.07, 6.45) is 9.19. The maximum atomic E-state index is 4.87. The first kappa shape index (κ1) is 51.8. The molecule has 0 aliphatic carbocycles. The lowest BCUT2D eigenvalue weighted by Gasteiger charge is -2.39. The molecule has 0 unspecified atom stereocenters. The third kappa shape index (κ3) is 10.2. The smallest absolute Gasteiger partial charge is 0.159 e. The summed E-state index contributed by atoms with van der Waals surface area (Å²) >= 11 is 0. The van der Waals surface area contributed by atoms with Crippen molar-refractivity contribution in [2.75, 3.05) is 0 Å². The summed E-state index contributed by atoms with van der Waals surface area (Å²) in [4.78, 5) is 23.9. The van der Waals surface area contributed by atoms with Crippen molar-refractivity contribution >= 4 is 0 Å². The van der Waals surface area contributed by atoms with Crippen LogP contribution in [0.4, 0.5) is 0 Å². The molecule has 0 N–H and O–H groups in total. The Hall–Kier alpha value is -11.3. The van der Waals surface area contributed by atoms with Crippen LogP contribution in [-0.2, 0) is 5.41 Å². The minimum atomic E-state index is -0.885. The monoisotopic (exact) mass is 1090 g/mol. The number of hydrogen-bond acceptors (Lipinski definition) is 5. The van der Waals surface area contributed by atoms with Gasteiger partial charge in [0.25, 0.3) is 0 Å². The predicted molar refractivity (Wildman–Crippen MR) is 348 cm³/mol. The van der Waals surface area contributed by atoms with E-state index in [1.54, 1.807) is 0 Å². The van der Waals surface area contributed by atoms with E-state index >= 15 is 0 Å². The van der Waals surface area contributed by atoms with Gasteiger partial charge in [-0.05, 0) is 162 Å². The molecule has 5 nitrogen and oxygen atoms in total. The molecule has 0 aliphatic rings. The molecule has 0 saturated carbocycles. The fourth-order valence-corrected chi connectivity index (χ4v) is 12.2. The lowest BCUT2D eigenvalue weighted by atomic mass is 9.63. The molecule has 0 fully saturated rings. The van der Waals surface area contributed by atoms with Crippen LogP contribution >= 0.6 is 0 Å². The van der Waals surface area contributed by atoms with E-state index in [1.165, 1.54) is 0 Å². The molecule has 4 heterocycles. The van der Waals surface area contributed by atoms with Gasteiger partial charge in [0.05, 0.1) is 22.5 Å². The Morgan fingerprint density at radius 3 is 1.01 bits per heavy atom. The zero-order valence-corrected chi connectivity index (χ0v) is 46.5. The van der Waals surface area contributed by atoms with E-state index in [0.29, 0.717) is 5.82 Å². The van der Waals surface area contributed by atoms with Crippen molar-refractivity contribution in [3.8, 4) is 112 Å². The summed E-state index contributed by atoms with van der Waals surface area (Å²) in [5, 5.41) is 0. The van der Waals surface area contributed by atoms with Crippen LogP contribution in [-0.4, -0.2) is 24.9 Å². The first-order valence-corrected chi connectivity index (χ1v) is 28.7. The summed E-state index contributed by atoms with van der Waals surface area (Å²) in [6.45, 7) is 0. The zero-order chi connectivity index (χ0) is 56.8. The molecule has 85 heavy (non-hydrogen) atoms. The molecule has 0 amide bonds. The topological polar surface area (TPSA) is 64.5 Å². The lowest BCUT2D eigenvalue weighted by molar-refractivity contribution is 0.747. The van der Waals surface area contributed by atoms with Crippen LogP contribution in [0.5, 0.6) is 0 Å². The fraction of sp³-hybridized carbons (Fsp3) is 0.0125. The SMILES string of the molecule is c1ccc(C(c2ccccc2)(c2cccc(-c3ccccn3)c2)c2cc(-c3ncccn3)ccc2-c2ccccc2-c2cc(-c3ccccc3-c3ccc(-c4ccccn4)cc3)cc(-c3ccccc3-c3ccc(-c4ccccn4)cc3)c2)cc1. The van der Waals surface area contributed by atoms with Gasteiger partial charge in [0.2, 0.25) is 0 Å². The molecule has 0 saturated heterocycles. The predicted octanol–water partition coefficient (Wildman–Crippen LogP) is 19.7. The second kappa shape index (κ2) is 23.3. The van der Waals surface area contributed by atoms with E-state index in [1.807, 2.05) is 67.4 Å². The van der Waals surface area contributed by atoms with Gasteiger partial charge < -0.3 is 0 Å². The lowest BCUT2D eigenvalue weighted by Crippen LogP contribution is -2.32. The molecule has 400 valence electrons. The highest BCUT2D eigenvalue weighted by Crippen LogP contribution is 2.52. The largest absolute Gasteiger partial charge is 0.256 e. The van der Waals surface area contributed by atoms with Crippen molar-refractivity contribution in [3.63, 3.8) is 0 Å². The number of pyridine rings is 3. The summed E-state index contributed by atoms with van der Waals surface area (Å²) in [5.41, 5.74) is 23.6. The molecule has 0 spiro atoms. The molecule has 5 heteroatoms. The van der Waals surface area contributed by atoms with Crippen LogP contribution in [0.2, 0.25) is 0 Å². The fourth-order valence-electron chi connectivity index (χ4n) is 12.2. The molecule has 14 rings (SSSR count). The number of aromatic nitrogens is 5. The number of hydrogen-bond donors (Lipinski definition) is 0. The summed E-state index contributed by atoms with van der Waals surface area (Å²) < 4.78 is 0. The highest BCUT2D eigenvalue weighted by Gasteiger charge is 2.41. The van der Waals surface area contributed by atoms with Gasteiger partial charge in [-0.3, -0.25) is 15.0 Å². The average molecular weight is 1090 g/mol. The van der Waals surface area contributed by atoms with Crippen molar-refractivity contribution in [2.45, 2.75) is 5.41 Å². The van der Waals surface area contributed by atoms with Crippen molar-refractivity contribution in [1.29, 1.82) is 0 Å². The van der Waals surface area contributed by atoms with E-state index in [0.717, 1.165) is 128 Å². The highest BCUT2D eigenvalue weighted by atomic mass is 14.8. The van der Waals surface area contributed by atoms with Crippen molar-refractivity contribution < 1.29 is 0 Å². The van der Waals surface area contributed by atoms with Crippen molar-refractivity contribution in [3.05, 3.63) is 357 Å². The molecular weight excluding hydrogens is 1030 g/mol. The van der Waals surface area contributed by atoms with Crippen molar-refractivity contribution in [1.82, 2.24) is 24.9 Å². The van der Waals surface area contributed by atoms with E-state index in [4.69, 9.17) is 15.0 Å². The van der Waals surface area contributed by atoms with Crippen LogP contribution in [0, 0.1) is 0 Å². The van der Waals surface area contributed by atoms with Gasteiger partial charge in [0.1, 0.15) is 0 Å². The van der Waals surface area contributed by atoms with Gasteiger partial charge in [-0.25, -0.2) is 9.97 Å². The molecule has 0 atom stereocenters. The standard InChI is InChI=1S/C80H55N5/c1-3-22-65(23-4-1)80(66-24-5-2-6-25-66,67-26-19-21-60(54-67)78-35-15-18-48-83-78)75-55-61(79-84-49-20-50-85-79)44-45-74(75)73-32-12-11-31-72(73)64-52-62(70-29-9-7-27-68(70)56-36-40-58(41-37-56)76-33-13-16-46-81-76)51-63(53-64)71-30-10-8-28-69(71)57-38-42-59(43-39-57)77-34-14-17-47-82-77/h1-55H. The molecule has 0 radical (unpaired) electrons. The molecule has 4 aromatic heterocycles. The zero-order valence-electron chi connectivity index (χ0n) is 46.5. The van der Waals surface area contributed by atoms with Crippen LogP contribution in [0.15, 0.2) is 334 Å². The molecule has 0 aliphatic heterocycles. The highest BCUT2D eigenvalue weighted by molar-refractivity contribution is 5.95. The maximum Gasteiger partial charge on any atom is 0.159 e. The van der Waals surface area contributed by atoms with Crippen LogP contribution < -0.4 is 0 Å². The first-order valence-electron chi connectivity index (χ1n) is 28.7.